The molecule has 1 atom stereocenters. The minimum Gasteiger partial charge on any atom is -0.492 e. The summed E-state index contributed by atoms with van der Waals surface area (Å²) in [7, 11) is 2.13. The van der Waals surface area contributed by atoms with Gasteiger partial charge in [0.15, 0.2) is 0 Å². The van der Waals surface area contributed by atoms with Gasteiger partial charge in [-0.2, -0.15) is 11.8 Å². The van der Waals surface area contributed by atoms with Gasteiger partial charge in [-0.3, -0.25) is 4.90 Å². The number of hydrogen-bond acceptors (Lipinski definition) is 4. The van der Waals surface area contributed by atoms with Crippen molar-refractivity contribution in [2.45, 2.75) is 13.0 Å². The summed E-state index contributed by atoms with van der Waals surface area (Å²) in [5.74, 6) is 7.86. The van der Waals surface area contributed by atoms with Crippen molar-refractivity contribution in [1.29, 1.82) is 0 Å². The SMILES string of the molecule is CSCC(C)N(C)CCOc1ccc(C#CCN)cc1. The first kappa shape index (κ1) is 16.9. The maximum atomic E-state index is 5.74. The van der Waals surface area contributed by atoms with Gasteiger partial charge in [-0.15, -0.1) is 0 Å². The molecule has 1 aromatic carbocycles. The summed E-state index contributed by atoms with van der Waals surface area (Å²) in [6, 6.07) is 8.39. The third-order valence-corrected chi connectivity index (χ3v) is 3.88. The Morgan fingerprint density at radius 2 is 2.05 bits per heavy atom. The first-order chi connectivity index (χ1) is 9.67. The van der Waals surface area contributed by atoms with Gasteiger partial charge in [0.05, 0.1) is 6.54 Å². The monoisotopic (exact) mass is 292 g/mol. The second-order valence-electron chi connectivity index (χ2n) is 4.66. The lowest BCUT2D eigenvalue weighted by molar-refractivity contribution is 0.210. The molecule has 0 fully saturated rings. The molecule has 0 aliphatic rings. The summed E-state index contributed by atoms with van der Waals surface area (Å²) in [6.07, 6.45) is 2.13. The van der Waals surface area contributed by atoms with Crippen molar-refractivity contribution in [3.05, 3.63) is 29.8 Å². The van der Waals surface area contributed by atoms with Gasteiger partial charge >= 0.3 is 0 Å². The lowest BCUT2D eigenvalue weighted by Crippen LogP contribution is -2.34. The average molecular weight is 292 g/mol. The zero-order valence-corrected chi connectivity index (χ0v) is 13.4. The zero-order valence-electron chi connectivity index (χ0n) is 12.6. The molecule has 0 aliphatic heterocycles. The number of nitrogens with zero attached hydrogens (tertiary/aromatic N) is 1. The van der Waals surface area contributed by atoms with Crippen LogP contribution in [0.1, 0.15) is 12.5 Å². The standard InChI is InChI=1S/C16H24N2OS/c1-14(13-20-3)18(2)11-12-19-16-8-6-15(7-9-16)5-4-10-17/h6-9,14H,10-13,17H2,1-3H3. The summed E-state index contributed by atoms with van der Waals surface area (Å²) in [5, 5.41) is 0. The fraction of sp³-hybridized carbons (Fsp3) is 0.500. The predicted molar refractivity (Wildman–Crippen MR) is 88.3 cm³/mol. The Kier molecular flexibility index (Phi) is 8.20. The van der Waals surface area contributed by atoms with Crippen molar-refractivity contribution in [2.75, 3.05) is 38.8 Å². The summed E-state index contributed by atoms with van der Waals surface area (Å²) in [4.78, 5) is 2.32. The molecule has 1 aromatic rings. The molecule has 110 valence electrons. The minimum absolute atomic E-state index is 0.388. The van der Waals surface area contributed by atoms with Crippen LogP contribution in [0.3, 0.4) is 0 Å². The predicted octanol–water partition coefficient (Wildman–Crippen LogP) is 2.06. The van der Waals surface area contributed by atoms with Crippen molar-refractivity contribution >= 4 is 11.8 Å². The van der Waals surface area contributed by atoms with E-state index in [0.29, 0.717) is 19.2 Å². The Morgan fingerprint density at radius 3 is 2.65 bits per heavy atom. The molecule has 0 bridgehead atoms. The average Bonchev–Trinajstić information content (AvgIpc) is 2.46. The van der Waals surface area contributed by atoms with E-state index in [0.717, 1.165) is 23.6 Å². The lowest BCUT2D eigenvalue weighted by atomic mass is 10.2. The Hall–Kier alpha value is -1.15. The van der Waals surface area contributed by atoms with Crippen molar-refractivity contribution in [1.82, 2.24) is 4.90 Å². The van der Waals surface area contributed by atoms with Crippen LogP contribution in [0, 0.1) is 11.8 Å². The van der Waals surface area contributed by atoms with Gasteiger partial charge in [-0.05, 0) is 44.5 Å². The number of ether oxygens (including phenoxy) is 1. The van der Waals surface area contributed by atoms with Crippen LogP contribution < -0.4 is 10.5 Å². The highest BCUT2D eigenvalue weighted by molar-refractivity contribution is 7.98. The van der Waals surface area contributed by atoms with Crippen LogP contribution >= 0.6 is 11.8 Å². The molecule has 0 radical (unpaired) electrons. The van der Waals surface area contributed by atoms with Crippen LogP contribution in [0.4, 0.5) is 0 Å². The smallest absolute Gasteiger partial charge is 0.119 e. The summed E-state index contributed by atoms with van der Waals surface area (Å²) < 4.78 is 5.74. The molecule has 0 aromatic heterocycles. The van der Waals surface area contributed by atoms with Crippen molar-refractivity contribution in [3.8, 4) is 17.6 Å². The third-order valence-electron chi connectivity index (χ3n) is 3.06. The molecule has 0 amide bonds. The normalized spacial score (nSPS) is 11.8. The summed E-state index contributed by atoms with van der Waals surface area (Å²) >= 11 is 1.87. The highest BCUT2D eigenvalue weighted by Crippen LogP contribution is 2.11. The number of nitrogens with two attached hydrogens (primary N) is 1. The first-order valence-electron chi connectivity index (χ1n) is 6.78. The van der Waals surface area contributed by atoms with Gasteiger partial charge in [0.25, 0.3) is 0 Å². The Morgan fingerprint density at radius 1 is 1.35 bits per heavy atom. The second kappa shape index (κ2) is 9.71. The van der Waals surface area contributed by atoms with Crippen molar-refractivity contribution in [2.24, 2.45) is 5.73 Å². The molecule has 0 spiro atoms. The van der Waals surface area contributed by atoms with E-state index >= 15 is 0 Å². The van der Waals surface area contributed by atoms with E-state index in [9.17, 15) is 0 Å². The molecule has 1 unspecified atom stereocenters. The van der Waals surface area contributed by atoms with Gasteiger partial charge in [0.2, 0.25) is 0 Å². The largest absolute Gasteiger partial charge is 0.492 e. The Bertz CT molecular complexity index is 436. The topological polar surface area (TPSA) is 38.5 Å². The van der Waals surface area contributed by atoms with Crippen LogP contribution in [0.2, 0.25) is 0 Å². The third kappa shape index (κ3) is 6.33. The van der Waals surface area contributed by atoms with Crippen molar-refractivity contribution < 1.29 is 4.74 Å². The van der Waals surface area contributed by atoms with E-state index in [1.165, 1.54) is 0 Å². The Labute approximate surface area is 126 Å². The highest BCUT2D eigenvalue weighted by atomic mass is 32.2. The molecule has 0 saturated carbocycles. The fourth-order valence-corrected chi connectivity index (χ4v) is 2.42. The second-order valence-corrected chi connectivity index (χ2v) is 5.57. The molecule has 0 heterocycles. The maximum absolute atomic E-state index is 5.74. The molecule has 2 N–H and O–H groups in total. The number of thioether (sulfide) groups is 1. The van der Waals surface area contributed by atoms with E-state index < -0.39 is 0 Å². The lowest BCUT2D eigenvalue weighted by Gasteiger charge is -2.23. The molecule has 0 aliphatic carbocycles. The van der Waals surface area contributed by atoms with Gasteiger partial charge in [0, 0.05) is 23.9 Å². The number of hydrogen-bond donors (Lipinski definition) is 1. The maximum Gasteiger partial charge on any atom is 0.119 e. The molecule has 1 rings (SSSR count). The highest BCUT2D eigenvalue weighted by Gasteiger charge is 2.07. The molecular formula is C16H24N2OS. The summed E-state index contributed by atoms with van der Waals surface area (Å²) in [6.45, 7) is 4.25. The van der Waals surface area contributed by atoms with E-state index in [1.54, 1.807) is 0 Å². The Balaban J connectivity index is 2.35. The summed E-state index contributed by atoms with van der Waals surface area (Å²) in [5.41, 5.74) is 6.31. The molecule has 0 saturated heterocycles. The van der Waals surface area contributed by atoms with Crippen LogP contribution in [-0.2, 0) is 0 Å². The molecule has 4 heteroatoms. The van der Waals surface area contributed by atoms with Gasteiger partial charge < -0.3 is 10.5 Å². The van der Waals surface area contributed by atoms with Gasteiger partial charge in [0.1, 0.15) is 12.4 Å². The van der Waals surface area contributed by atoms with E-state index in [4.69, 9.17) is 10.5 Å². The van der Waals surface area contributed by atoms with Crippen LogP contribution in [-0.4, -0.2) is 49.7 Å². The van der Waals surface area contributed by atoms with Crippen LogP contribution in [0.15, 0.2) is 24.3 Å². The van der Waals surface area contributed by atoms with E-state index in [-0.39, 0.29) is 0 Å². The van der Waals surface area contributed by atoms with E-state index in [2.05, 4.69) is 37.0 Å². The van der Waals surface area contributed by atoms with Crippen LogP contribution in [0.5, 0.6) is 5.75 Å². The van der Waals surface area contributed by atoms with Gasteiger partial charge in [-0.1, -0.05) is 11.8 Å². The van der Waals surface area contributed by atoms with Crippen molar-refractivity contribution in [3.63, 3.8) is 0 Å². The zero-order chi connectivity index (χ0) is 14.8. The molecule has 20 heavy (non-hydrogen) atoms. The number of rotatable bonds is 7. The minimum atomic E-state index is 0.388. The molecular weight excluding hydrogens is 268 g/mol. The molecule has 3 nitrogen and oxygen atoms in total. The number of likely N-dealkylation sites (N-methyl/N-ethyl adjacent to an activating group) is 1. The van der Waals surface area contributed by atoms with Crippen LogP contribution in [0.25, 0.3) is 0 Å². The fourth-order valence-electron chi connectivity index (χ4n) is 1.68. The quantitative estimate of drug-likeness (QED) is 0.781. The number of benzene rings is 1. The van der Waals surface area contributed by atoms with Gasteiger partial charge in [-0.25, -0.2) is 0 Å². The first-order valence-corrected chi connectivity index (χ1v) is 8.17. The van der Waals surface area contributed by atoms with E-state index in [1.807, 2.05) is 36.0 Å².